The Balaban J connectivity index is 2.14. The first-order valence-corrected chi connectivity index (χ1v) is 6.09. The highest BCUT2D eigenvalue weighted by Crippen LogP contribution is 2.26. The number of rotatable bonds is 5. The van der Waals surface area contributed by atoms with Gasteiger partial charge in [-0.2, -0.15) is 0 Å². The Morgan fingerprint density at radius 1 is 1.22 bits per heavy atom. The smallest absolute Gasteiger partial charge is 0.217 e. The lowest BCUT2D eigenvalue weighted by Gasteiger charge is -2.15. The number of benzene rings is 2. The summed E-state index contributed by atoms with van der Waals surface area (Å²) in [4.78, 5) is 10.7. The Kier molecular flexibility index (Phi) is 3.82. The average Bonchev–Trinajstić information content (AvgIpc) is 2.37. The van der Waals surface area contributed by atoms with Gasteiger partial charge in [0.15, 0.2) is 0 Å². The van der Waals surface area contributed by atoms with Crippen molar-refractivity contribution in [2.45, 2.75) is 25.9 Å². The average molecular weight is 243 g/mol. The molecular weight excluding hydrogens is 226 g/mol. The fourth-order valence-corrected chi connectivity index (χ4v) is 1.92. The van der Waals surface area contributed by atoms with Gasteiger partial charge in [0.2, 0.25) is 5.91 Å². The van der Waals surface area contributed by atoms with Crippen molar-refractivity contribution in [1.29, 1.82) is 0 Å². The second-order valence-corrected chi connectivity index (χ2v) is 4.41. The molecule has 2 aromatic rings. The highest BCUT2D eigenvalue weighted by Gasteiger charge is 2.08. The fraction of sp³-hybridized carbons (Fsp3) is 0.267. The van der Waals surface area contributed by atoms with E-state index >= 15 is 0 Å². The van der Waals surface area contributed by atoms with Gasteiger partial charge in [-0.05, 0) is 24.8 Å². The van der Waals surface area contributed by atoms with Gasteiger partial charge in [-0.25, -0.2) is 0 Å². The normalized spacial score (nSPS) is 12.3. The summed E-state index contributed by atoms with van der Waals surface area (Å²) >= 11 is 0. The molecule has 0 aliphatic carbocycles. The van der Waals surface area contributed by atoms with Gasteiger partial charge in [0.1, 0.15) is 5.75 Å². The summed E-state index contributed by atoms with van der Waals surface area (Å²) in [5.74, 6) is 0.563. The molecule has 0 saturated heterocycles. The maximum absolute atomic E-state index is 10.7. The van der Waals surface area contributed by atoms with Crippen molar-refractivity contribution >= 4 is 16.7 Å². The van der Waals surface area contributed by atoms with Crippen molar-refractivity contribution in [3.05, 3.63) is 42.5 Å². The van der Waals surface area contributed by atoms with Gasteiger partial charge in [0.25, 0.3) is 0 Å². The van der Waals surface area contributed by atoms with E-state index in [1.54, 1.807) is 0 Å². The first-order chi connectivity index (χ1) is 8.66. The zero-order valence-corrected chi connectivity index (χ0v) is 10.4. The van der Waals surface area contributed by atoms with Gasteiger partial charge < -0.3 is 10.5 Å². The number of amides is 1. The van der Waals surface area contributed by atoms with Crippen molar-refractivity contribution in [1.82, 2.24) is 0 Å². The van der Waals surface area contributed by atoms with E-state index in [-0.39, 0.29) is 12.0 Å². The molecule has 0 aliphatic rings. The fourth-order valence-electron chi connectivity index (χ4n) is 1.92. The lowest BCUT2D eigenvalue weighted by Crippen LogP contribution is -2.17. The highest BCUT2D eigenvalue weighted by molar-refractivity contribution is 5.88. The number of carbonyl (C=O) groups excluding carboxylic acids is 1. The van der Waals surface area contributed by atoms with Crippen LogP contribution in [0.1, 0.15) is 19.8 Å². The van der Waals surface area contributed by atoms with Crippen molar-refractivity contribution in [2.75, 3.05) is 0 Å². The minimum atomic E-state index is -0.289. The van der Waals surface area contributed by atoms with Gasteiger partial charge in [0, 0.05) is 11.8 Å². The van der Waals surface area contributed by atoms with E-state index in [4.69, 9.17) is 10.5 Å². The van der Waals surface area contributed by atoms with Crippen LogP contribution in [0.25, 0.3) is 10.8 Å². The number of primary amides is 1. The maximum Gasteiger partial charge on any atom is 0.217 e. The van der Waals surface area contributed by atoms with Crippen LogP contribution in [0.15, 0.2) is 42.5 Å². The first kappa shape index (κ1) is 12.4. The van der Waals surface area contributed by atoms with Crippen LogP contribution in [0.5, 0.6) is 5.75 Å². The number of hydrogen-bond donors (Lipinski definition) is 1. The molecule has 1 amide bonds. The molecule has 1 unspecified atom stereocenters. The number of ether oxygens (including phenoxy) is 1. The van der Waals surface area contributed by atoms with E-state index in [0.717, 1.165) is 16.5 Å². The van der Waals surface area contributed by atoms with Crippen molar-refractivity contribution in [3.8, 4) is 5.75 Å². The van der Waals surface area contributed by atoms with Crippen LogP contribution in [-0.2, 0) is 4.79 Å². The van der Waals surface area contributed by atoms with Gasteiger partial charge >= 0.3 is 0 Å². The van der Waals surface area contributed by atoms with Crippen LogP contribution in [0.4, 0.5) is 0 Å². The van der Waals surface area contributed by atoms with Gasteiger partial charge in [-0.3, -0.25) is 4.79 Å². The predicted octanol–water partition coefficient (Wildman–Crippen LogP) is 2.87. The van der Waals surface area contributed by atoms with Crippen LogP contribution < -0.4 is 10.5 Å². The maximum atomic E-state index is 10.7. The van der Waals surface area contributed by atoms with E-state index in [1.807, 2.05) is 37.3 Å². The number of carbonyl (C=O) groups is 1. The molecule has 0 bridgehead atoms. The monoisotopic (exact) mass is 243 g/mol. The third-order valence-corrected chi connectivity index (χ3v) is 2.88. The summed E-state index contributed by atoms with van der Waals surface area (Å²) in [5.41, 5.74) is 5.13. The molecular formula is C15H17NO2. The topological polar surface area (TPSA) is 52.3 Å². The van der Waals surface area contributed by atoms with Crippen LogP contribution >= 0.6 is 0 Å². The molecule has 3 heteroatoms. The Hall–Kier alpha value is -2.03. The van der Waals surface area contributed by atoms with Gasteiger partial charge in [0.05, 0.1) is 6.10 Å². The molecule has 0 radical (unpaired) electrons. The molecule has 0 heterocycles. The van der Waals surface area contributed by atoms with Crippen LogP contribution in [0.3, 0.4) is 0 Å². The minimum Gasteiger partial charge on any atom is -0.490 e. The van der Waals surface area contributed by atoms with E-state index in [1.165, 1.54) is 0 Å². The van der Waals surface area contributed by atoms with Gasteiger partial charge in [-0.1, -0.05) is 36.4 Å². The van der Waals surface area contributed by atoms with E-state index in [0.29, 0.717) is 12.8 Å². The molecule has 18 heavy (non-hydrogen) atoms. The van der Waals surface area contributed by atoms with Crippen LogP contribution in [-0.4, -0.2) is 12.0 Å². The molecule has 2 aromatic carbocycles. The Labute approximate surface area is 107 Å². The highest BCUT2D eigenvalue weighted by atomic mass is 16.5. The summed E-state index contributed by atoms with van der Waals surface area (Å²) in [6, 6.07) is 14.0. The second-order valence-electron chi connectivity index (χ2n) is 4.41. The predicted molar refractivity (Wildman–Crippen MR) is 72.5 cm³/mol. The summed E-state index contributed by atoms with van der Waals surface area (Å²) < 4.78 is 5.87. The molecule has 0 spiro atoms. The quantitative estimate of drug-likeness (QED) is 0.877. The third-order valence-electron chi connectivity index (χ3n) is 2.88. The molecule has 94 valence electrons. The zero-order chi connectivity index (χ0) is 13.0. The van der Waals surface area contributed by atoms with Gasteiger partial charge in [-0.15, -0.1) is 0 Å². The Morgan fingerprint density at radius 3 is 2.72 bits per heavy atom. The SMILES string of the molecule is CC(CCC(N)=O)Oc1cccc2ccccc12. The second kappa shape index (κ2) is 5.54. The zero-order valence-electron chi connectivity index (χ0n) is 10.4. The largest absolute Gasteiger partial charge is 0.490 e. The summed E-state index contributed by atoms with van der Waals surface area (Å²) in [6.45, 7) is 1.95. The molecule has 2 rings (SSSR count). The van der Waals surface area contributed by atoms with E-state index in [9.17, 15) is 4.79 Å². The molecule has 0 aliphatic heterocycles. The standard InChI is InChI=1S/C15H17NO2/c1-11(9-10-15(16)17)18-14-8-4-6-12-5-2-3-7-13(12)14/h2-8,11H,9-10H2,1H3,(H2,16,17). The van der Waals surface area contributed by atoms with Crippen molar-refractivity contribution in [3.63, 3.8) is 0 Å². The van der Waals surface area contributed by atoms with Crippen molar-refractivity contribution < 1.29 is 9.53 Å². The van der Waals surface area contributed by atoms with Crippen LogP contribution in [0, 0.1) is 0 Å². The number of hydrogen-bond acceptors (Lipinski definition) is 2. The molecule has 1 atom stereocenters. The Morgan fingerprint density at radius 2 is 1.94 bits per heavy atom. The molecule has 0 aromatic heterocycles. The van der Waals surface area contributed by atoms with Crippen molar-refractivity contribution in [2.24, 2.45) is 5.73 Å². The number of nitrogens with two attached hydrogens (primary N) is 1. The minimum absolute atomic E-state index is 0.0247. The summed E-state index contributed by atoms with van der Waals surface area (Å²) in [6.07, 6.45) is 0.966. The summed E-state index contributed by atoms with van der Waals surface area (Å²) in [5, 5.41) is 2.24. The Bertz CT molecular complexity index is 546. The summed E-state index contributed by atoms with van der Waals surface area (Å²) in [7, 11) is 0. The lowest BCUT2D eigenvalue weighted by atomic mass is 10.1. The molecule has 2 N–H and O–H groups in total. The molecule has 0 saturated carbocycles. The van der Waals surface area contributed by atoms with E-state index < -0.39 is 0 Å². The van der Waals surface area contributed by atoms with Crippen LogP contribution in [0.2, 0.25) is 0 Å². The first-order valence-electron chi connectivity index (χ1n) is 6.09. The third kappa shape index (κ3) is 3.00. The molecule has 3 nitrogen and oxygen atoms in total. The van der Waals surface area contributed by atoms with E-state index in [2.05, 4.69) is 12.1 Å². The molecule has 0 fully saturated rings. The number of fused-ring (bicyclic) bond motifs is 1. The lowest BCUT2D eigenvalue weighted by molar-refractivity contribution is -0.118.